The van der Waals surface area contributed by atoms with E-state index in [1.165, 1.54) is 32.4 Å². The minimum atomic E-state index is 0.449. The van der Waals surface area contributed by atoms with Crippen LogP contribution in [-0.4, -0.2) is 31.1 Å². The van der Waals surface area contributed by atoms with Gasteiger partial charge in [-0.25, -0.2) is 0 Å². The van der Waals surface area contributed by atoms with Gasteiger partial charge in [0.2, 0.25) is 0 Å². The van der Waals surface area contributed by atoms with E-state index in [-0.39, 0.29) is 0 Å². The quantitative estimate of drug-likeness (QED) is 0.615. The molecule has 1 aliphatic rings. The maximum absolute atomic E-state index is 6.03. The zero-order chi connectivity index (χ0) is 8.27. The maximum Gasteiger partial charge on any atom is 0.00797 e. The van der Waals surface area contributed by atoms with Crippen molar-refractivity contribution >= 4 is 0 Å². The van der Waals surface area contributed by atoms with E-state index < -0.39 is 0 Å². The molecule has 0 aromatic heterocycles. The smallest absolute Gasteiger partial charge is 0.00797 e. The van der Waals surface area contributed by atoms with Gasteiger partial charge in [0.15, 0.2) is 0 Å². The van der Waals surface area contributed by atoms with Gasteiger partial charge in [0.1, 0.15) is 0 Å². The highest BCUT2D eigenvalue weighted by molar-refractivity contribution is 4.77. The topological polar surface area (TPSA) is 29.3 Å². The van der Waals surface area contributed by atoms with Crippen molar-refractivity contribution in [3.8, 4) is 0 Å². The SMILES string of the molecule is CCC1CCN(C)CCC1N. The molecular formula is C9H20N2. The Morgan fingerprint density at radius 2 is 2.00 bits per heavy atom. The second-order valence-corrected chi connectivity index (χ2v) is 3.71. The first kappa shape index (κ1) is 9.01. The fraction of sp³-hybridized carbons (Fsp3) is 1.00. The van der Waals surface area contributed by atoms with Crippen LogP contribution < -0.4 is 5.73 Å². The van der Waals surface area contributed by atoms with Gasteiger partial charge in [0, 0.05) is 6.04 Å². The van der Waals surface area contributed by atoms with Crippen molar-refractivity contribution < 1.29 is 0 Å². The molecule has 1 fully saturated rings. The summed E-state index contributed by atoms with van der Waals surface area (Å²) < 4.78 is 0. The minimum absolute atomic E-state index is 0.449. The van der Waals surface area contributed by atoms with Crippen LogP contribution in [-0.2, 0) is 0 Å². The van der Waals surface area contributed by atoms with E-state index in [4.69, 9.17) is 5.73 Å². The minimum Gasteiger partial charge on any atom is -0.327 e. The molecule has 11 heavy (non-hydrogen) atoms. The van der Waals surface area contributed by atoms with Crippen LogP contribution in [0.15, 0.2) is 0 Å². The molecule has 2 atom stereocenters. The van der Waals surface area contributed by atoms with Crippen LogP contribution in [0.1, 0.15) is 26.2 Å². The zero-order valence-electron chi connectivity index (χ0n) is 7.71. The van der Waals surface area contributed by atoms with Crippen LogP contribution in [0.3, 0.4) is 0 Å². The lowest BCUT2D eigenvalue weighted by Gasteiger charge is -2.18. The summed E-state index contributed by atoms with van der Waals surface area (Å²) in [6, 6.07) is 0.449. The molecule has 2 nitrogen and oxygen atoms in total. The van der Waals surface area contributed by atoms with Crippen LogP contribution in [0.25, 0.3) is 0 Å². The predicted octanol–water partition coefficient (Wildman–Crippen LogP) is 1.07. The van der Waals surface area contributed by atoms with Gasteiger partial charge in [-0.15, -0.1) is 0 Å². The Kier molecular flexibility index (Phi) is 3.34. The Bertz CT molecular complexity index is 114. The molecule has 2 heteroatoms. The van der Waals surface area contributed by atoms with Crippen molar-refractivity contribution in [2.24, 2.45) is 11.7 Å². The van der Waals surface area contributed by atoms with E-state index >= 15 is 0 Å². The Hall–Kier alpha value is -0.0800. The average molecular weight is 156 g/mol. The van der Waals surface area contributed by atoms with E-state index in [2.05, 4.69) is 18.9 Å². The third-order valence-electron chi connectivity index (χ3n) is 2.86. The second-order valence-electron chi connectivity index (χ2n) is 3.71. The lowest BCUT2D eigenvalue weighted by Crippen LogP contribution is -2.29. The summed E-state index contributed by atoms with van der Waals surface area (Å²) in [5.41, 5.74) is 6.03. The molecule has 1 rings (SSSR count). The Balaban J connectivity index is 2.41. The number of hydrogen-bond acceptors (Lipinski definition) is 2. The molecule has 0 radical (unpaired) electrons. The summed E-state index contributed by atoms with van der Waals surface area (Å²) in [6.07, 6.45) is 3.71. The van der Waals surface area contributed by atoms with E-state index in [0.29, 0.717) is 6.04 Å². The molecule has 2 unspecified atom stereocenters. The van der Waals surface area contributed by atoms with Crippen molar-refractivity contribution in [2.45, 2.75) is 32.2 Å². The predicted molar refractivity (Wildman–Crippen MR) is 48.5 cm³/mol. The molecule has 1 heterocycles. The Labute approximate surface area is 69.8 Å². The molecule has 0 amide bonds. The molecule has 0 aliphatic carbocycles. The van der Waals surface area contributed by atoms with Gasteiger partial charge in [-0.3, -0.25) is 0 Å². The molecule has 0 spiro atoms. The van der Waals surface area contributed by atoms with Gasteiger partial charge in [0.05, 0.1) is 0 Å². The first-order valence-electron chi connectivity index (χ1n) is 4.68. The third kappa shape index (κ3) is 2.46. The zero-order valence-corrected chi connectivity index (χ0v) is 7.71. The lowest BCUT2D eigenvalue weighted by atomic mass is 9.93. The third-order valence-corrected chi connectivity index (χ3v) is 2.86. The summed E-state index contributed by atoms with van der Waals surface area (Å²) in [6.45, 7) is 4.65. The first-order valence-corrected chi connectivity index (χ1v) is 4.68. The molecule has 0 aromatic carbocycles. The molecule has 0 aromatic rings. The fourth-order valence-electron chi connectivity index (χ4n) is 1.82. The van der Waals surface area contributed by atoms with E-state index in [0.717, 1.165) is 5.92 Å². The van der Waals surface area contributed by atoms with Crippen LogP contribution in [0.5, 0.6) is 0 Å². The van der Waals surface area contributed by atoms with Crippen LogP contribution in [0, 0.1) is 5.92 Å². The largest absolute Gasteiger partial charge is 0.327 e. The maximum atomic E-state index is 6.03. The fourth-order valence-corrected chi connectivity index (χ4v) is 1.82. The van der Waals surface area contributed by atoms with Gasteiger partial charge in [-0.2, -0.15) is 0 Å². The molecular weight excluding hydrogens is 136 g/mol. The summed E-state index contributed by atoms with van der Waals surface area (Å²) in [5.74, 6) is 0.764. The normalized spacial score (nSPS) is 35.2. The summed E-state index contributed by atoms with van der Waals surface area (Å²) in [4.78, 5) is 2.38. The standard InChI is InChI=1S/C9H20N2/c1-3-8-4-6-11(2)7-5-9(8)10/h8-9H,3-7,10H2,1-2H3. The number of nitrogens with zero attached hydrogens (tertiary/aromatic N) is 1. The van der Waals surface area contributed by atoms with Crippen molar-refractivity contribution in [3.63, 3.8) is 0 Å². The summed E-state index contributed by atoms with van der Waals surface area (Å²) in [5, 5.41) is 0. The molecule has 0 saturated carbocycles. The van der Waals surface area contributed by atoms with Gasteiger partial charge in [-0.1, -0.05) is 13.3 Å². The second kappa shape index (κ2) is 4.07. The van der Waals surface area contributed by atoms with Gasteiger partial charge < -0.3 is 10.6 Å². The highest BCUT2D eigenvalue weighted by Crippen LogP contribution is 2.18. The average Bonchev–Trinajstić information content (AvgIpc) is 2.15. The van der Waals surface area contributed by atoms with Crippen LogP contribution >= 0.6 is 0 Å². The van der Waals surface area contributed by atoms with Gasteiger partial charge in [-0.05, 0) is 38.9 Å². The van der Waals surface area contributed by atoms with Crippen molar-refractivity contribution in [2.75, 3.05) is 20.1 Å². The first-order chi connectivity index (χ1) is 5.24. The van der Waals surface area contributed by atoms with E-state index in [1.807, 2.05) is 0 Å². The number of hydrogen-bond donors (Lipinski definition) is 1. The summed E-state index contributed by atoms with van der Waals surface area (Å²) >= 11 is 0. The molecule has 1 saturated heterocycles. The highest BCUT2D eigenvalue weighted by atomic mass is 15.1. The van der Waals surface area contributed by atoms with Gasteiger partial charge >= 0.3 is 0 Å². The van der Waals surface area contributed by atoms with E-state index in [1.54, 1.807) is 0 Å². The van der Waals surface area contributed by atoms with E-state index in [9.17, 15) is 0 Å². The number of nitrogens with two attached hydrogens (primary N) is 1. The molecule has 2 N–H and O–H groups in total. The number of rotatable bonds is 1. The van der Waals surface area contributed by atoms with Crippen molar-refractivity contribution in [3.05, 3.63) is 0 Å². The van der Waals surface area contributed by atoms with Crippen LogP contribution in [0.4, 0.5) is 0 Å². The molecule has 1 aliphatic heterocycles. The van der Waals surface area contributed by atoms with Crippen LogP contribution in [0.2, 0.25) is 0 Å². The molecule has 0 bridgehead atoms. The Morgan fingerprint density at radius 3 is 2.64 bits per heavy atom. The van der Waals surface area contributed by atoms with Crippen molar-refractivity contribution in [1.82, 2.24) is 4.90 Å². The number of likely N-dealkylation sites (tertiary alicyclic amines) is 1. The monoisotopic (exact) mass is 156 g/mol. The summed E-state index contributed by atoms with van der Waals surface area (Å²) in [7, 11) is 2.19. The lowest BCUT2D eigenvalue weighted by molar-refractivity contribution is 0.340. The molecule has 66 valence electrons. The highest BCUT2D eigenvalue weighted by Gasteiger charge is 2.19. The van der Waals surface area contributed by atoms with Gasteiger partial charge in [0.25, 0.3) is 0 Å². The Morgan fingerprint density at radius 1 is 1.36 bits per heavy atom. The van der Waals surface area contributed by atoms with Crippen molar-refractivity contribution in [1.29, 1.82) is 0 Å².